The van der Waals surface area contributed by atoms with Crippen molar-refractivity contribution < 1.29 is 14.3 Å². The third-order valence-corrected chi connectivity index (χ3v) is 2.41. The number of ether oxygens (including phenoxy) is 1. The van der Waals surface area contributed by atoms with E-state index in [0.717, 1.165) is 6.42 Å². The summed E-state index contributed by atoms with van der Waals surface area (Å²) >= 11 is 0. The Morgan fingerprint density at radius 1 is 1.60 bits per heavy atom. The predicted octanol–water partition coefficient (Wildman–Crippen LogP) is -0.194. The van der Waals surface area contributed by atoms with Crippen molar-refractivity contribution in [3.8, 4) is 0 Å². The summed E-state index contributed by atoms with van der Waals surface area (Å²) in [6, 6.07) is -0.435. The molecular weight excluding hydrogens is 196 g/mol. The van der Waals surface area contributed by atoms with Crippen molar-refractivity contribution in [2.45, 2.75) is 38.8 Å². The molecule has 1 aliphatic heterocycles. The maximum atomic E-state index is 11.4. The Balaban J connectivity index is 2.33. The Morgan fingerprint density at radius 2 is 2.33 bits per heavy atom. The molecule has 0 saturated carbocycles. The van der Waals surface area contributed by atoms with Gasteiger partial charge in [0.15, 0.2) is 0 Å². The summed E-state index contributed by atoms with van der Waals surface area (Å²) in [5, 5.41) is 5.67. The van der Waals surface area contributed by atoms with Crippen LogP contribution in [0.25, 0.3) is 0 Å². The van der Waals surface area contributed by atoms with Crippen molar-refractivity contribution in [3.63, 3.8) is 0 Å². The number of piperazine rings is 1. The van der Waals surface area contributed by atoms with Crippen LogP contribution < -0.4 is 10.6 Å². The second-order valence-electron chi connectivity index (χ2n) is 3.71. The predicted molar refractivity (Wildman–Crippen MR) is 55.3 cm³/mol. The summed E-state index contributed by atoms with van der Waals surface area (Å²) in [4.78, 5) is 22.7. The molecular formula is C10H18N2O3. The standard InChI is InChI=1S/C10H18N2O3/c1-3-7(2)15-9(13)6-8-10(14)12-5-4-11-8/h7-8,11H,3-6H2,1-2H3,(H,12,14)/t7-,8-/m0/s1. The van der Waals surface area contributed by atoms with Gasteiger partial charge in [0.2, 0.25) is 5.91 Å². The van der Waals surface area contributed by atoms with Crippen molar-refractivity contribution in [1.82, 2.24) is 10.6 Å². The fraction of sp³-hybridized carbons (Fsp3) is 0.800. The molecule has 1 amide bonds. The Morgan fingerprint density at radius 3 is 2.93 bits per heavy atom. The third kappa shape index (κ3) is 3.87. The largest absolute Gasteiger partial charge is 0.463 e. The lowest BCUT2D eigenvalue weighted by Gasteiger charge is -2.23. The van der Waals surface area contributed by atoms with Crippen LogP contribution in [0.15, 0.2) is 0 Å². The van der Waals surface area contributed by atoms with E-state index in [4.69, 9.17) is 4.74 Å². The lowest BCUT2D eigenvalue weighted by atomic mass is 10.1. The number of esters is 1. The van der Waals surface area contributed by atoms with Crippen LogP contribution in [0.5, 0.6) is 0 Å². The summed E-state index contributed by atoms with van der Waals surface area (Å²) in [7, 11) is 0. The number of nitrogens with one attached hydrogen (secondary N) is 2. The highest BCUT2D eigenvalue weighted by Crippen LogP contribution is 2.03. The summed E-state index contributed by atoms with van der Waals surface area (Å²) in [5.41, 5.74) is 0. The zero-order chi connectivity index (χ0) is 11.3. The maximum Gasteiger partial charge on any atom is 0.308 e. The van der Waals surface area contributed by atoms with Crippen LogP contribution in [0, 0.1) is 0 Å². The van der Waals surface area contributed by atoms with E-state index >= 15 is 0 Å². The third-order valence-electron chi connectivity index (χ3n) is 2.41. The van der Waals surface area contributed by atoms with Gasteiger partial charge in [0.05, 0.1) is 18.6 Å². The molecule has 1 aliphatic rings. The van der Waals surface area contributed by atoms with Gasteiger partial charge in [-0.25, -0.2) is 0 Å². The fourth-order valence-corrected chi connectivity index (χ4v) is 1.34. The van der Waals surface area contributed by atoms with Crippen LogP contribution in [0.1, 0.15) is 26.7 Å². The topological polar surface area (TPSA) is 67.4 Å². The first-order valence-corrected chi connectivity index (χ1v) is 5.34. The van der Waals surface area contributed by atoms with Gasteiger partial charge in [-0.05, 0) is 13.3 Å². The first-order valence-electron chi connectivity index (χ1n) is 5.34. The molecule has 0 aliphatic carbocycles. The van der Waals surface area contributed by atoms with Gasteiger partial charge < -0.3 is 15.4 Å². The molecule has 15 heavy (non-hydrogen) atoms. The van der Waals surface area contributed by atoms with Crippen molar-refractivity contribution in [2.75, 3.05) is 13.1 Å². The number of amides is 1. The molecule has 1 fully saturated rings. The summed E-state index contributed by atoms with van der Waals surface area (Å²) in [5.74, 6) is -0.443. The van der Waals surface area contributed by atoms with E-state index in [1.807, 2.05) is 13.8 Å². The van der Waals surface area contributed by atoms with Gasteiger partial charge in [0.1, 0.15) is 0 Å². The number of carbonyl (C=O) groups is 2. The van der Waals surface area contributed by atoms with Crippen molar-refractivity contribution in [2.24, 2.45) is 0 Å². The Hall–Kier alpha value is -1.10. The fourth-order valence-electron chi connectivity index (χ4n) is 1.34. The molecule has 0 bridgehead atoms. The molecule has 2 N–H and O–H groups in total. The maximum absolute atomic E-state index is 11.4. The number of rotatable bonds is 4. The van der Waals surface area contributed by atoms with Crippen molar-refractivity contribution >= 4 is 11.9 Å². The second-order valence-corrected chi connectivity index (χ2v) is 3.71. The van der Waals surface area contributed by atoms with Crippen LogP contribution in [-0.4, -0.2) is 37.1 Å². The van der Waals surface area contributed by atoms with Gasteiger partial charge in [0.25, 0.3) is 0 Å². The van der Waals surface area contributed by atoms with E-state index in [-0.39, 0.29) is 24.4 Å². The van der Waals surface area contributed by atoms with Gasteiger partial charge in [0, 0.05) is 13.1 Å². The summed E-state index contributed by atoms with van der Waals surface area (Å²) < 4.78 is 5.09. The van der Waals surface area contributed by atoms with Crippen molar-refractivity contribution in [3.05, 3.63) is 0 Å². The molecule has 1 heterocycles. The summed E-state index contributed by atoms with van der Waals surface area (Å²) in [6.45, 7) is 5.11. The highest BCUT2D eigenvalue weighted by Gasteiger charge is 2.25. The molecule has 0 unspecified atom stereocenters. The van der Waals surface area contributed by atoms with Gasteiger partial charge in [-0.1, -0.05) is 6.92 Å². The van der Waals surface area contributed by atoms with Gasteiger partial charge in [-0.2, -0.15) is 0 Å². The SMILES string of the molecule is CC[C@H](C)OC(=O)C[C@@H]1NCCNC1=O. The number of hydrogen-bond acceptors (Lipinski definition) is 4. The van der Waals surface area contributed by atoms with Gasteiger partial charge in [-0.15, -0.1) is 0 Å². The molecule has 0 aromatic rings. The van der Waals surface area contributed by atoms with E-state index in [1.165, 1.54) is 0 Å². The van der Waals surface area contributed by atoms with Crippen LogP contribution in [0.4, 0.5) is 0 Å². The Bertz CT molecular complexity index is 243. The average Bonchev–Trinajstić information content (AvgIpc) is 2.21. The van der Waals surface area contributed by atoms with Crippen molar-refractivity contribution in [1.29, 1.82) is 0 Å². The molecule has 0 radical (unpaired) electrons. The van der Waals surface area contributed by atoms with E-state index in [0.29, 0.717) is 13.1 Å². The second kappa shape index (κ2) is 5.70. The minimum absolute atomic E-state index is 0.0795. The lowest BCUT2D eigenvalue weighted by Crippen LogP contribution is -2.53. The smallest absolute Gasteiger partial charge is 0.308 e. The first kappa shape index (κ1) is 12.0. The zero-order valence-electron chi connectivity index (χ0n) is 9.21. The Kier molecular flexibility index (Phi) is 4.55. The molecule has 5 nitrogen and oxygen atoms in total. The highest BCUT2D eigenvalue weighted by molar-refractivity contribution is 5.87. The monoisotopic (exact) mass is 214 g/mol. The van der Waals surface area contributed by atoms with E-state index < -0.39 is 6.04 Å². The first-order chi connectivity index (χ1) is 7.13. The van der Waals surface area contributed by atoms with Gasteiger partial charge in [-0.3, -0.25) is 9.59 Å². The van der Waals surface area contributed by atoms with Crippen LogP contribution >= 0.6 is 0 Å². The number of carbonyl (C=O) groups excluding carboxylic acids is 2. The molecule has 1 saturated heterocycles. The molecule has 86 valence electrons. The van der Waals surface area contributed by atoms with Crippen LogP contribution in [0.2, 0.25) is 0 Å². The van der Waals surface area contributed by atoms with Crippen LogP contribution in [-0.2, 0) is 14.3 Å². The minimum Gasteiger partial charge on any atom is -0.463 e. The zero-order valence-corrected chi connectivity index (χ0v) is 9.21. The highest BCUT2D eigenvalue weighted by atomic mass is 16.5. The van der Waals surface area contributed by atoms with E-state index in [2.05, 4.69) is 10.6 Å². The van der Waals surface area contributed by atoms with E-state index in [1.54, 1.807) is 0 Å². The molecule has 0 aromatic carbocycles. The molecule has 0 aromatic heterocycles. The average molecular weight is 214 g/mol. The molecule has 1 rings (SSSR count). The lowest BCUT2D eigenvalue weighted by molar-refractivity contribution is -0.150. The molecule has 5 heteroatoms. The minimum atomic E-state index is -0.435. The quantitative estimate of drug-likeness (QED) is 0.636. The summed E-state index contributed by atoms with van der Waals surface area (Å²) in [6.07, 6.45) is 0.816. The van der Waals surface area contributed by atoms with Gasteiger partial charge >= 0.3 is 5.97 Å². The van der Waals surface area contributed by atoms with E-state index in [9.17, 15) is 9.59 Å². The Labute approximate surface area is 89.6 Å². The molecule has 2 atom stereocenters. The number of hydrogen-bond donors (Lipinski definition) is 2. The normalized spacial score (nSPS) is 23.1. The van der Waals surface area contributed by atoms with Crippen LogP contribution in [0.3, 0.4) is 0 Å². The molecule has 0 spiro atoms.